The van der Waals surface area contributed by atoms with Crippen molar-refractivity contribution in [3.05, 3.63) is 95.6 Å². The molecule has 0 saturated heterocycles. The number of hydrogen-bond acceptors (Lipinski definition) is 3. The molecule has 3 nitrogen and oxygen atoms in total. The van der Waals surface area contributed by atoms with Gasteiger partial charge in [-0.2, -0.15) is 0 Å². The Morgan fingerprint density at radius 3 is 2.00 bits per heavy atom. The Kier molecular flexibility index (Phi) is 5.86. The van der Waals surface area contributed by atoms with Crippen molar-refractivity contribution >= 4 is 9.84 Å². The molecule has 0 fully saturated rings. The summed E-state index contributed by atoms with van der Waals surface area (Å²) in [6.07, 6.45) is 1.26. The molecule has 0 bridgehead atoms. The van der Waals surface area contributed by atoms with Crippen LogP contribution in [0.5, 0.6) is 0 Å². The normalized spacial score (nSPS) is 11.4. The molecule has 134 valence electrons. The molecule has 1 N–H and O–H groups in total. The lowest BCUT2D eigenvalue weighted by Crippen LogP contribution is -2.12. The van der Waals surface area contributed by atoms with E-state index in [1.165, 1.54) is 22.9 Å². The van der Waals surface area contributed by atoms with E-state index in [1.807, 2.05) is 42.5 Å². The predicted molar refractivity (Wildman–Crippen MR) is 107 cm³/mol. The Morgan fingerprint density at radius 2 is 1.31 bits per heavy atom. The average Bonchev–Trinajstić information content (AvgIpc) is 2.63. The van der Waals surface area contributed by atoms with E-state index in [1.54, 1.807) is 0 Å². The Bertz CT molecular complexity index is 949. The Morgan fingerprint density at radius 1 is 0.692 bits per heavy atom. The minimum absolute atomic E-state index is 0.0903. The van der Waals surface area contributed by atoms with Gasteiger partial charge in [-0.05, 0) is 33.9 Å². The molecular formula is C22H23NO2S. The first-order valence-electron chi connectivity index (χ1n) is 8.60. The highest BCUT2D eigenvalue weighted by atomic mass is 32.2. The standard InChI is InChI=1S/C22H23NO2S/c1-26(24,25)17-19-12-10-18(11-13-19)15-23-16-20-6-5-9-22(14-20)21-7-3-2-4-8-21/h2-14,23H,15-17H2,1H3. The van der Waals surface area contributed by atoms with Crippen LogP contribution in [0.2, 0.25) is 0 Å². The summed E-state index contributed by atoms with van der Waals surface area (Å²) < 4.78 is 22.7. The SMILES string of the molecule is CS(=O)(=O)Cc1ccc(CNCc2cccc(-c3ccccc3)c2)cc1. The molecule has 4 heteroatoms. The lowest BCUT2D eigenvalue weighted by atomic mass is 10.0. The van der Waals surface area contributed by atoms with Crippen molar-refractivity contribution in [1.29, 1.82) is 0 Å². The van der Waals surface area contributed by atoms with Gasteiger partial charge in [0.15, 0.2) is 9.84 Å². The van der Waals surface area contributed by atoms with Crippen molar-refractivity contribution in [2.75, 3.05) is 6.26 Å². The van der Waals surface area contributed by atoms with Crippen LogP contribution in [-0.2, 0) is 28.7 Å². The van der Waals surface area contributed by atoms with E-state index in [0.717, 1.165) is 24.2 Å². The fourth-order valence-corrected chi connectivity index (χ4v) is 3.70. The zero-order valence-electron chi connectivity index (χ0n) is 14.9. The summed E-state index contributed by atoms with van der Waals surface area (Å²) in [5.74, 6) is 0.0903. The van der Waals surface area contributed by atoms with Gasteiger partial charge in [0.25, 0.3) is 0 Å². The van der Waals surface area contributed by atoms with Crippen LogP contribution in [0.15, 0.2) is 78.9 Å². The van der Waals surface area contributed by atoms with Crippen molar-refractivity contribution in [3.8, 4) is 11.1 Å². The summed E-state index contributed by atoms with van der Waals surface area (Å²) in [5, 5.41) is 3.45. The first-order valence-corrected chi connectivity index (χ1v) is 10.7. The predicted octanol–water partition coefficient (Wildman–Crippen LogP) is 4.19. The fourth-order valence-electron chi connectivity index (χ4n) is 2.90. The molecule has 3 aromatic rings. The number of nitrogens with one attached hydrogen (secondary N) is 1. The third-order valence-corrected chi connectivity index (χ3v) is 5.00. The van der Waals surface area contributed by atoms with Crippen LogP contribution in [0.25, 0.3) is 11.1 Å². The first-order chi connectivity index (χ1) is 12.5. The van der Waals surface area contributed by atoms with Crippen molar-refractivity contribution in [2.45, 2.75) is 18.8 Å². The molecule has 0 aliphatic heterocycles. The van der Waals surface area contributed by atoms with Gasteiger partial charge >= 0.3 is 0 Å². The number of hydrogen-bond donors (Lipinski definition) is 1. The second-order valence-corrected chi connectivity index (χ2v) is 8.70. The monoisotopic (exact) mass is 365 g/mol. The molecule has 0 aliphatic rings. The Balaban J connectivity index is 1.57. The van der Waals surface area contributed by atoms with Crippen molar-refractivity contribution < 1.29 is 8.42 Å². The number of benzene rings is 3. The van der Waals surface area contributed by atoms with Crippen LogP contribution in [0.3, 0.4) is 0 Å². The molecular weight excluding hydrogens is 342 g/mol. The second-order valence-electron chi connectivity index (χ2n) is 6.56. The molecule has 0 heterocycles. The maximum absolute atomic E-state index is 11.3. The molecule has 0 amide bonds. The highest BCUT2D eigenvalue weighted by Gasteiger charge is 2.04. The molecule has 3 aromatic carbocycles. The molecule has 26 heavy (non-hydrogen) atoms. The zero-order valence-corrected chi connectivity index (χ0v) is 15.7. The molecule has 0 unspecified atom stereocenters. The summed E-state index contributed by atoms with van der Waals surface area (Å²) in [5.41, 5.74) is 5.64. The van der Waals surface area contributed by atoms with Gasteiger partial charge in [-0.3, -0.25) is 0 Å². The van der Waals surface area contributed by atoms with Gasteiger partial charge in [-0.25, -0.2) is 8.42 Å². The van der Waals surface area contributed by atoms with Gasteiger partial charge in [0.05, 0.1) is 5.75 Å². The van der Waals surface area contributed by atoms with E-state index in [2.05, 4.69) is 41.7 Å². The highest BCUT2D eigenvalue weighted by Crippen LogP contribution is 2.20. The van der Waals surface area contributed by atoms with Crippen LogP contribution in [0, 0.1) is 0 Å². The third-order valence-electron chi connectivity index (χ3n) is 4.14. The highest BCUT2D eigenvalue weighted by molar-refractivity contribution is 7.89. The van der Waals surface area contributed by atoms with E-state index in [9.17, 15) is 8.42 Å². The number of sulfone groups is 1. The quantitative estimate of drug-likeness (QED) is 0.683. The smallest absolute Gasteiger partial charge is 0.151 e. The van der Waals surface area contributed by atoms with Crippen molar-refractivity contribution in [2.24, 2.45) is 0 Å². The van der Waals surface area contributed by atoms with Crippen LogP contribution in [0.1, 0.15) is 16.7 Å². The first kappa shape index (κ1) is 18.4. The molecule has 3 rings (SSSR count). The maximum Gasteiger partial charge on any atom is 0.151 e. The van der Waals surface area contributed by atoms with E-state index < -0.39 is 9.84 Å². The van der Waals surface area contributed by atoms with Gasteiger partial charge in [0.1, 0.15) is 0 Å². The molecule has 0 aliphatic carbocycles. The van der Waals surface area contributed by atoms with E-state index in [0.29, 0.717) is 0 Å². The number of rotatable bonds is 7. The molecule has 0 saturated carbocycles. The molecule has 0 spiro atoms. The van der Waals surface area contributed by atoms with Gasteiger partial charge in [-0.15, -0.1) is 0 Å². The average molecular weight is 365 g/mol. The lowest BCUT2D eigenvalue weighted by Gasteiger charge is -2.08. The molecule has 0 atom stereocenters. The minimum Gasteiger partial charge on any atom is -0.309 e. The summed E-state index contributed by atoms with van der Waals surface area (Å²) in [6, 6.07) is 26.6. The lowest BCUT2D eigenvalue weighted by molar-refractivity contribution is 0.601. The fraction of sp³-hybridized carbons (Fsp3) is 0.182. The zero-order chi connectivity index (χ0) is 18.4. The summed E-state index contributed by atoms with van der Waals surface area (Å²) >= 11 is 0. The van der Waals surface area contributed by atoms with Gasteiger partial charge in [0, 0.05) is 19.3 Å². The van der Waals surface area contributed by atoms with E-state index >= 15 is 0 Å². The van der Waals surface area contributed by atoms with Crippen molar-refractivity contribution in [1.82, 2.24) is 5.32 Å². The van der Waals surface area contributed by atoms with Crippen LogP contribution in [0.4, 0.5) is 0 Å². The second kappa shape index (κ2) is 8.30. The Labute approximate surface area is 155 Å². The van der Waals surface area contributed by atoms with Crippen molar-refractivity contribution in [3.63, 3.8) is 0 Å². The van der Waals surface area contributed by atoms with E-state index in [-0.39, 0.29) is 5.75 Å². The summed E-state index contributed by atoms with van der Waals surface area (Å²) in [7, 11) is -2.99. The van der Waals surface area contributed by atoms with Gasteiger partial charge in [-0.1, -0.05) is 72.8 Å². The largest absolute Gasteiger partial charge is 0.309 e. The minimum atomic E-state index is -2.99. The topological polar surface area (TPSA) is 46.2 Å². The van der Waals surface area contributed by atoms with Crippen LogP contribution in [-0.4, -0.2) is 14.7 Å². The summed E-state index contributed by atoms with van der Waals surface area (Å²) in [4.78, 5) is 0. The Hall–Kier alpha value is -2.43. The van der Waals surface area contributed by atoms with Crippen LogP contribution < -0.4 is 5.32 Å². The summed E-state index contributed by atoms with van der Waals surface area (Å²) in [6.45, 7) is 1.53. The van der Waals surface area contributed by atoms with Gasteiger partial charge < -0.3 is 5.32 Å². The van der Waals surface area contributed by atoms with E-state index in [4.69, 9.17) is 0 Å². The van der Waals surface area contributed by atoms with Gasteiger partial charge in [0.2, 0.25) is 0 Å². The molecule has 0 aromatic heterocycles. The third kappa shape index (κ3) is 5.55. The van der Waals surface area contributed by atoms with Crippen LogP contribution >= 0.6 is 0 Å². The molecule has 0 radical (unpaired) electrons. The maximum atomic E-state index is 11.3.